The average molecular weight is 302 g/mol. The molecule has 0 amide bonds. The molecule has 116 valence electrons. The normalized spacial score (nSPS) is 24.4. The van der Waals surface area contributed by atoms with Gasteiger partial charge in [0, 0.05) is 5.56 Å². The van der Waals surface area contributed by atoms with Crippen molar-refractivity contribution in [3.8, 4) is 6.07 Å². The van der Waals surface area contributed by atoms with Gasteiger partial charge in [0.2, 0.25) is 0 Å². The van der Waals surface area contributed by atoms with Gasteiger partial charge in [-0.2, -0.15) is 5.26 Å². The number of hydrogen-bond donors (Lipinski definition) is 0. The van der Waals surface area contributed by atoms with Gasteiger partial charge in [0.05, 0.1) is 37.9 Å². The van der Waals surface area contributed by atoms with Crippen LogP contribution < -0.4 is 0 Å². The van der Waals surface area contributed by atoms with Crippen LogP contribution in [0.1, 0.15) is 11.9 Å². The zero-order chi connectivity index (χ0) is 15.7. The van der Waals surface area contributed by atoms with Crippen LogP contribution in [0.2, 0.25) is 0 Å². The van der Waals surface area contributed by atoms with Crippen molar-refractivity contribution in [2.75, 3.05) is 39.8 Å². The van der Waals surface area contributed by atoms with E-state index < -0.39 is 11.7 Å². The molecule has 0 aromatic heterocycles. The van der Waals surface area contributed by atoms with Crippen LogP contribution in [0, 0.1) is 23.3 Å². The van der Waals surface area contributed by atoms with E-state index in [1.807, 2.05) is 36.4 Å². The molecule has 1 aromatic rings. The van der Waals surface area contributed by atoms with Crippen molar-refractivity contribution >= 4 is 0 Å². The molecule has 0 radical (unpaired) electrons. The van der Waals surface area contributed by atoms with E-state index in [1.54, 1.807) is 0 Å². The lowest BCUT2D eigenvalue weighted by molar-refractivity contribution is -0.253. The van der Waals surface area contributed by atoms with E-state index >= 15 is 0 Å². The van der Waals surface area contributed by atoms with Crippen molar-refractivity contribution in [2.45, 2.75) is 6.29 Å². The summed E-state index contributed by atoms with van der Waals surface area (Å²) in [4.78, 5) is 3.16. The maximum Gasteiger partial charge on any atom is 0.318 e. The van der Waals surface area contributed by atoms with E-state index in [0.29, 0.717) is 26.4 Å². The quantitative estimate of drug-likeness (QED) is 0.570. The van der Waals surface area contributed by atoms with E-state index in [4.69, 9.17) is 30.8 Å². The second-order valence-corrected chi connectivity index (χ2v) is 5.15. The molecule has 0 saturated carbocycles. The summed E-state index contributed by atoms with van der Waals surface area (Å²) in [6.07, 6.45) is -0.411. The molecule has 0 aliphatic carbocycles. The molecule has 0 bridgehead atoms. The third kappa shape index (κ3) is 4.52. The number of benzene rings is 1. The van der Waals surface area contributed by atoms with Gasteiger partial charge in [-0.25, -0.2) is 6.57 Å². The lowest BCUT2D eigenvalue weighted by atomic mass is 9.91. The summed E-state index contributed by atoms with van der Waals surface area (Å²) >= 11 is 0. The zero-order valence-electron chi connectivity index (χ0n) is 12.2. The molecule has 1 aliphatic rings. The Labute approximate surface area is 130 Å². The second kappa shape index (κ2) is 8.47. The summed E-state index contributed by atoms with van der Waals surface area (Å²) in [5.74, 6) is 0. The highest BCUT2D eigenvalue weighted by Gasteiger charge is 2.38. The van der Waals surface area contributed by atoms with Gasteiger partial charge in [-0.3, -0.25) is 4.85 Å². The minimum atomic E-state index is -0.493. The van der Waals surface area contributed by atoms with Crippen LogP contribution >= 0.6 is 0 Å². The van der Waals surface area contributed by atoms with Gasteiger partial charge in [-0.1, -0.05) is 30.3 Å². The third-order valence-electron chi connectivity index (χ3n) is 3.29. The number of rotatable bonds is 7. The molecular weight excluding hydrogens is 284 g/mol. The van der Waals surface area contributed by atoms with Crippen molar-refractivity contribution in [1.29, 1.82) is 5.26 Å². The van der Waals surface area contributed by atoms with Crippen LogP contribution in [0.3, 0.4) is 0 Å². The van der Waals surface area contributed by atoms with E-state index in [9.17, 15) is 0 Å². The Morgan fingerprint density at radius 2 is 1.91 bits per heavy atom. The highest BCUT2D eigenvalue weighted by molar-refractivity contribution is 5.16. The predicted molar refractivity (Wildman–Crippen MR) is 77.4 cm³/mol. The molecule has 6 heteroatoms. The molecule has 1 heterocycles. The predicted octanol–water partition coefficient (Wildman–Crippen LogP) is 2.15. The average Bonchev–Trinajstić information content (AvgIpc) is 2.57. The first kappa shape index (κ1) is 16.4. The topological polar surface area (TPSA) is 65.1 Å². The Morgan fingerprint density at radius 3 is 2.55 bits per heavy atom. The molecule has 0 N–H and O–H groups in total. The number of ether oxygens (including phenoxy) is 4. The van der Waals surface area contributed by atoms with E-state index in [2.05, 4.69) is 4.85 Å². The fraction of sp³-hybridized carbons (Fsp3) is 0.500. The summed E-state index contributed by atoms with van der Waals surface area (Å²) < 4.78 is 22.2. The molecule has 0 atom stereocenters. The van der Waals surface area contributed by atoms with Crippen molar-refractivity contribution in [1.82, 2.24) is 0 Å². The molecule has 1 aliphatic heterocycles. The van der Waals surface area contributed by atoms with Crippen LogP contribution in [0.5, 0.6) is 0 Å². The number of nitriles is 1. The summed E-state index contributed by atoms with van der Waals surface area (Å²) in [5, 5.41) is 8.58. The van der Waals surface area contributed by atoms with Crippen LogP contribution in [0.15, 0.2) is 30.3 Å². The molecule has 0 spiro atoms. The maximum absolute atomic E-state index is 8.58. The number of nitrogens with zero attached hydrogens (tertiary/aromatic N) is 2. The Balaban J connectivity index is 1.94. The van der Waals surface area contributed by atoms with Gasteiger partial charge in [0.25, 0.3) is 0 Å². The summed E-state index contributed by atoms with van der Waals surface area (Å²) in [5.41, 5.74) is 0.462. The SMILES string of the molecule is [C-]#[N+]COCC1(COCC#N)COC(c2ccccc2)OC1. The smallest absolute Gasteiger partial charge is 0.318 e. The molecule has 1 saturated heterocycles. The van der Waals surface area contributed by atoms with Gasteiger partial charge in [0.15, 0.2) is 6.29 Å². The lowest BCUT2D eigenvalue weighted by Gasteiger charge is -2.39. The first-order valence-electron chi connectivity index (χ1n) is 6.93. The van der Waals surface area contributed by atoms with Crippen LogP contribution in [-0.2, 0) is 18.9 Å². The Morgan fingerprint density at radius 1 is 1.23 bits per heavy atom. The molecule has 0 unspecified atom stereocenters. The summed E-state index contributed by atoms with van der Waals surface area (Å²) in [6, 6.07) is 11.6. The highest BCUT2D eigenvalue weighted by Crippen LogP contribution is 2.32. The molecule has 22 heavy (non-hydrogen) atoms. The van der Waals surface area contributed by atoms with Gasteiger partial charge >= 0.3 is 6.73 Å². The minimum Gasteiger partial charge on any atom is -0.366 e. The first-order valence-corrected chi connectivity index (χ1v) is 6.93. The zero-order valence-corrected chi connectivity index (χ0v) is 12.2. The van der Waals surface area contributed by atoms with Gasteiger partial charge in [-0.15, -0.1) is 0 Å². The molecule has 2 rings (SSSR count). The lowest BCUT2D eigenvalue weighted by Crippen LogP contribution is -2.46. The van der Waals surface area contributed by atoms with Crippen molar-refractivity contribution < 1.29 is 18.9 Å². The molecular formula is C16H18N2O4. The highest BCUT2D eigenvalue weighted by atomic mass is 16.7. The maximum atomic E-state index is 8.58. The van der Waals surface area contributed by atoms with Gasteiger partial charge in [-0.05, 0) is 0 Å². The Kier molecular flexibility index (Phi) is 6.32. The third-order valence-corrected chi connectivity index (χ3v) is 3.29. The minimum absolute atomic E-state index is 0.00663. The number of hydrogen-bond acceptors (Lipinski definition) is 5. The van der Waals surface area contributed by atoms with Crippen molar-refractivity contribution in [2.24, 2.45) is 5.41 Å². The fourth-order valence-corrected chi connectivity index (χ4v) is 2.23. The molecule has 1 fully saturated rings. The van der Waals surface area contributed by atoms with Crippen LogP contribution in [0.25, 0.3) is 4.85 Å². The summed E-state index contributed by atoms with van der Waals surface area (Å²) in [6.45, 7) is 8.11. The Bertz CT molecular complexity index is 505. The van der Waals surface area contributed by atoms with E-state index in [-0.39, 0.29) is 13.3 Å². The van der Waals surface area contributed by atoms with E-state index in [0.717, 1.165) is 5.56 Å². The van der Waals surface area contributed by atoms with Crippen LogP contribution in [-0.4, -0.2) is 39.8 Å². The van der Waals surface area contributed by atoms with Crippen LogP contribution in [0.4, 0.5) is 0 Å². The molecule has 6 nitrogen and oxygen atoms in total. The monoisotopic (exact) mass is 302 g/mol. The Hall–Kier alpha value is -1.96. The van der Waals surface area contributed by atoms with Crippen molar-refractivity contribution in [3.05, 3.63) is 47.3 Å². The second-order valence-electron chi connectivity index (χ2n) is 5.15. The van der Waals surface area contributed by atoms with Gasteiger partial charge in [0.1, 0.15) is 6.61 Å². The molecule has 1 aromatic carbocycles. The van der Waals surface area contributed by atoms with Gasteiger partial charge < -0.3 is 18.9 Å². The standard InChI is InChI=1S/C16H18N2O4/c1-18-13-20-10-16(9-19-8-7-17)11-21-15(22-12-16)14-5-3-2-4-6-14/h2-6,15H,8-13H2. The largest absolute Gasteiger partial charge is 0.366 e. The van der Waals surface area contributed by atoms with Crippen molar-refractivity contribution in [3.63, 3.8) is 0 Å². The fourth-order valence-electron chi connectivity index (χ4n) is 2.23. The first-order chi connectivity index (χ1) is 10.8. The summed E-state index contributed by atoms with van der Waals surface area (Å²) in [7, 11) is 0. The van der Waals surface area contributed by atoms with E-state index in [1.165, 1.54) is 0 Å².